The highest BCUT2D eigenvalue weighted by Crippen LogP contribution is 2.33. The van der Waals surface area contributed by atoms with Crippen LogP contribution in [0.4, 0.5) is 4.39 Å². The van der Waals surface area contributed by atoms with Crippen LogP contribution in [0.5, 0.6) is 0 Å². The van der Waals surface area contributed by atoms with Crippen LogP contribution in [0, 0.1) is 24.1 Å². The molecule has 7 nitrogen and oxygen atoms in total. The highest BCUT2D eigenvalue weighted by Gasteiger charge is 2.26. The standard InChI is InChI=1S/C16H13ClFN3O4/c1-9-13(16(23)24-8-12(22)20-7-3-6-19)15(21-25-9)14-10(17)4-2-5-11(14)18/h2,4-5H,3,7-8H2,1H3,(H,20,22). The smallest absolute Gasteiger partial charge is 0.344 e. The monoisotopic (exact) mass is 365 g/mol. The van der Waals surface area contributed by atoms with Gasteiger partial charge in [0.2, 0.25) is 0 Å². The van der Waals surface area contributed by atoms with Crippen LogP contribution in [-0.4, -0.2) is 30.2 Å². The molecule has 1 N–H and O–H groups in total. The Morgan fingerprint density at radius 2 is 2.24 bits per heavy atom. The highest BCUT2D eigenvalue weighted by atomic mass is 35.5. The predicted molar refractivity (Wildman–Crippen MR) is 85.2 cm³/mol. The zero-order chi connectivity index (χ0) is 18.4. The first-order valence-electron chi connectivity index (χ1n) is 7.17. The molecule has 0 spiro atoms. The van der Waals surface area contributed by atoms with Gasteiger partial charge < -0.3 is 14.6 Å². The number of nitrogens with zero attached hydrogens (tertiary/aromatic N) is 2. The Bertz CT molecular complexity index is 824. The van der Waals surface area contributed by atoms with Crippen LogP contribution < -0.4 is 5.32 Å². The molecule has 0 aliphatic heterocycles. The normalized spacial score (nSPS) is 10.2. The Morgan fingerprint density at radius 3 is 2.92 bits per heavy atom. The van der Waals surface area contributed by atoms with E-state index < -0.39 is 24.3 Å². The molecule has 9 heteroatoms. The van der Waals surface area contributed by atoms with Crippen molar-refractivity contribution in [3.05, 3.63) is 40.4 Å². The van der Waals surface area contributed by atoms with Crippen LogP contribution in [0.2, 0.25) is 5.02 Å². The second-order valence-corrected chi connectivity index (χ2v) is 5.30. The third-order valence-corrected chi connectivity index (χ3v) is 3.47. The summed E-state index contributed by atoms with van der Waals surface area (Å²) in [5.41, 5.74) is -0.307. The molecular weight excluding hydrogens is 353 g/mol. The molecule has 2 aromatic rings. The number of benzene rings is 1. The van der Waals surface area contributed by atoms with E-state index in [9.17, 15) is 14.0 Å². The number of esters is 1. The average Bonchev–Trinajstić information content (AvgIpc) is 2.94. The van der Waals surface area contributed by atoms with Crippen molar-refractivity contribution < 1.29 is 23.2 Å². The number of ether oxygens (including phenoxy) is 1. The van der Waals surface area contributed by atoms with Gasteiger partial charge in [-0.05, 0) is 19.1 Å². The number of aromatic nitrogens is 1. The van der Waals surface area contributed by atoms with Gasteiger partial charge in [0.05, 0.1) is 23.1 Å². The van der Waals surface area contributed by atoms with E-state index in [0.29, 0.717) is 0 Å². The van der Waals surface area contributed by atoms with Crippen molar-refractivity contribution in [1.29, 1.82) is 5.26 Å². The molecule has 25 heavy (non-hydrogen) atoms. The molecule has 0 fully saturated rings. The van der Waals surface area contributed by atoms with Crippen molar-refractivity contribution in [3.8, 4) is 17.3 Å². The van der Waals surface area contributed by atoms with Crippen molar-refractivity contribution in [2.75, 3.05) is 13.2 Å². The Kier molecular flexibility index (Phi) is 6.08. The molecule has 1 aromatic heterocycles. The first-order valence-corrected chi connectivity index (χ1v) is 7.55. The summed E-state index contributed by atoms with van der Waals surface area (Å²) >= 11 is 5.98. The summed E-state index contributed by atoms with van der Waals surface area (Å²) in [6.07, 6.45) is 0.139. The van der Waals surface area contributed by atoms with Crippen LogP contribution in [-0.2, 0) is 9.53 Å². The van der Waals surface area contributed by atoms with Crippen LogP contribution in [0.25, 0.3) is 11.3 Å². The molecule has 130 valence electrons. The third kappa shape index (κ3) is 4.33. The maximum Gasteiger partial charge on any atom is 0.344 e. The summed E-state index contributed by atoms with van der Waals surface area (Å²) in [5, 5.41) is 14.5. The van der Waals surface area contributed by atoms with Gasteiger partial charge in [-0.2, -0.15) is 5.26 Å². The molecule has 2 rings (SSSR count). The van der Waals surface area contributed by atoms with Crippen LogP contribution in [0.1, 0.15) is 22.5 Å². The minimum absolute atomic E-state index is 0.0524. The fourth-order valence-corrected chi connectivity index (χ4v) is 2.27. The number of amides is 1. The molecule has 0 atom stereocenters. The summed E-state index contributed by atoms with van der Waals surface area (Å²) < 4.78 is 23.9. The molecule has 0 unspecified atom stereocenters. The van der Waals surface area contributed by atoms with Crippen LogP contribution in [0.3, 0.4) is 0 Å². The molecule has 0 radical (unpaired) electrons. The van der Waals surface area contributed by atoms with Gasteiger partial charge in [0, 0.05) is 6.54 Å². The van der Waals surface area contributed by atoms with Gasteiger partial charge in [0.25, 0.3) is 5.91 Å². The van der Waals surface area contributed by atoms with Gasteiger partial charge in [-0.3, -0.25) is 4.79 Å². The molecule has 0 saturated heterocycles. The minimum atomic E-state index is -0.900. The lowest BCUT2D eigenvalue weighted by molar-refractivity contribution is -0.124. The van der Waals surface area contributed by atoms with Crippen LogP contribution in [0.15, 0.2) is 22.7 Å². The van der Waals surface area contributed by atoms with Crippen molar-refractivity contribution in [1.82, 2.24) is 10.5 Å². The van der Waals surface area contributed by atoms with Gasteiger partial charge in [-0.25, -0.2) is 9.18 Å². The maximum absolute atomic E-state index is 14.1. The second kappa shape index (κ2) is 8.26. The highest BCUT2D eigenvalue weighted by molar-refractivity contribution is 6.33. The number of carbonyl (C=O) groups is 2. The SMILES string of the molecule is Cc1onc(-c2c(F)cccc2Cl)c1C(=O)OCC(=O)NCCC#N. The zero-order valence-corrected chi connectivity index (χ0v) is 13.9. The largest absolute Gasteiger partial charge is 0.452 e. The number of halogens is 2. The predicted octanol–water partition coefficient (Wildman–Crippen LogP) is 2.63. The number of aryl methyl sites for hydroxylation is 1. The van der Waals surface area contributed by atoms with Crippen molar-refractivity contribution >= 4 is 23.5 Å². The van der Waals surface area contributed by atoms with E-state index in [-0.39, 0.29) is 40.6 Å². The number of rotatable bonds is 6. The topological polar surface area (TPSA) is 105 Å². The van der Waals surface area contributed by atoms with Crippen molar-refractivity contribution in [2.24, 2.45) is 0 Å². The maximum atomic E-state index is 14.1. The zero-order valence-electron chi connectivity index (χ0n) is 13.1. The summed E-state index contributed by atoms with van der Waals surface area (Å²) in [4.78, 5) is 23.8. The molecule has 1 aromatic carbocycles. The van der Waals surface area contributed by atoms with E-state index in [1.807, 2.05) is 6.07 Å². The summed E-state index contributed by atoms with van der Waals surface area (Å²) in [6.45, 7) is 1.05. The quantitative estimate of drug-likeness (QED) is 0.623. The first kappa shape index (κ1) is 18.4. The fraction of sp³-hybridized carbons (Fsp3) is 0.250. The molecule has 0 saturated carbocycles. The Labute approximate surface area is 147 Å². The number of carbonyl (C=O) groups excluding carboxylic acids is 2. The van der Waals surface area contributed by atoms with E-state index in [1.165, 1.54) is 25.1 Å². The Hall–Kier alpha value is -2.92. The van der Waals surface area contributed by atoms with Crippen molar-refractivity contribution in [2.45, 2.75) is 13.3 Å². The first-order chi connectivity index (χ1) is 12.0. The minimum Gasteiger partial charge on any atom is -0.452 e. The average molecular weight is 366 g/mol. The van der Waals surface area contributed by atoms with Gasteiger partial charge in [-0.15, -0.1) is 0 Å². The van der Waals surface area contributed by atoms with Gasteiger partial charge >= 0.3 is 5.97 Å². The summed E-state index contributed by atoms with van der Waals surface area (Å²) in [6, 6.07) is 5.89. The van der Waals surface area contributed by atoms with E-state index in [0.717, 1.165) is 0 Å². The lowest BCUT2D eigenvalue weighted by Crippen LogP contribution is -2.29. The van der Waals surface area contributed by atoms with E-state index in [4.69, 9.17) is 26.1 Å². The summed E-state index contributed by atoms with van der Waals surface area (Å²) in [5.74, 6) is -2.04. The lowest BCUT2D eigenvalue weighted by atomic mass is 10.1. The lowest BCUT2D eigenvalue weighted by Gasteiger charge is -2.07. The van der Waals surface area contributed by atoms with Gasteiger partial charge in [-0.1, -0.05) is 22.8 Å². The second-order valence-electron chi connectivity index (χ2n) is 4.89. The molecule has 1 heterocycles. The van der Waals surface area contributed by atoms with E-state index >= 15 is 0 Å². The number of nitriles is 1. The fourth-order valence-electron chi connectivity index (χ4n) is 2.02. The van der Waals surface area contributed by atoms with E-state index in [2.05, 4.69) is 10.5 Å². The molecule has 1 amide bonds. The summed E-state index contributed by atoms with van der Waals surface area (Å²) in [7, 11) is 0. The van der Waals surface area contributed by atoms with Crippen LogP contribution >= 0.6 is 11.6 Å². The van der Waals surface area contributed by atoms with Crippen molar-refractivity contribution in [3.63, 3.8) is 0 Å². The third-order valence-electron chi connectivity index (χ3n) is 3.16. The molecule has 0 aliphatic carbocycles. The molecule has 0 aliphatic rings. The van der Waals surface area contributed by atoms with E-state index in [1.54, 1.807) is 0 Å². The van der Waals surface area contributed by atoms with Gasteiger partial charge in [0.15, 0.2) is 6.61 Å². The number of hydrogen-bond donors (Lipinski definition) is 1. The Balaban J connectivity index is 2.18. The molecule has 0 bridgehead atoms. The Morgan fingerprint density at radius 1 is 1.48 bits per heavy atom. The number of hydrogen-bond acceptors (Lipinski definition) is 6. The van der Waals surface area contributed by atoms with Gasteiger partial charge in [0.1, 0.15) is 22.8 Å². The number of nitrogens with one attached hydrogen (secondary N) is 1. The molecular formula is C16H13ClFN3O4.